The van der Waals surface area contributed by atoms with E-state index in [0.29, 0.717) is 6.42 Å². The van der Waals surface area contributed by atoms with Gasteiger partial charge in [-0.15, -0.1) is 0 Å². The van der Waals surface area contributed by atoms with Crippen molar-refractivity contribution >= 4 is 11.7 Å². The molecule has 1 saturated heterocycles. The zero-order valence-corrected chi connectivity index (χ0v) is 10.4. The van der Waals surface area contributed by atoms with E-state index in [0.717, 1.165) is 37.4 Å². The predicted molar refractivity (Wildman–Crippen MR) is 64.8 cm³/mol. The van der Waals surface area contributed by atoms with Gasteiger partial charge in [0.1, 0.15) is 5.82 Å². The van der Waals surface area contributed by atoms with E-state index in [2.05, 4.69) is 10.4 Å². The van der Waals surface area contributed by atoms with Crippen LogP contribution in [0.1, 0.15) is 31.4 Å². The van der Waals surface area contributed by atoms with Crippen LogP contribution in [0.25, 0.3) is 0 Å². The number of nitrogens with one attached hydrogen (secondary N) is 1. The number of nitrogens with zero attached hydrogens (tertiary/aromatic N) is 2. The van der Waals surface area contributed by atoms with E-state index < -0.39 is 0 Å². The third kappa shape index (κ3) is 3.30. The van der Waals surface area contributed by atoms with Crippen molar-refractivity contribution in [3.63, 3.8) is 0 Å². The molecule has 1 N–H and O–H groups in total. The van der Waals surface area contributed by atoms with Gasteiger partial charge in [-0.2, -0.15) is 5.10 Å². The lowest BCUT2D eigenvalue weighted by atomic mass is 10.1. The zero-order valence-electron chi connectivity index (χ0n) is 10.4. The average molecular weight is 237 g/mol. The van der Waals surface area contributed by atoms with Crippen molar-refractivity contribution in [3.8, 4) is 0 Å². The highest BCUT2D eigenvalue weighted by atomic mass is 16.5. The van der Waals surface area contributed by atoms with Crippen LogP contribution < -0.4 is 5.32 Å². The minimum absolute atomic E-state index is 0.0310. The quantitative estimate of drug-likeness (QED) is 0.865. The summed E-state index contributed by atoms with van der Waals surface area (Å²) < 4.78 is 7.16. The largest absolute Gasteiger partial charge is 0.378 e. The van der Waals surface area contributed by atoms with Crippen LogP contribution in [0.5, 0.6) is 0 Å². The Labute approximate surface area is 101 Å². The van der Waals surface area contributed by atoms with Gasteiger partial charge >= 0.3 is 0 Å². The Balaban J connectivity index is 1.78. The lowest BCUT2D eigenvalue weighted by molar-refractivity contribution is -0.116. The van der Waals surface area contributed by atoms with Gasteiger partial charge in [-0.3, -0.25) is 9.48 Å². The summed E-state index contributed by atoms with van der Waals surface area (Å²) >= 11 is 0. The van der Waals surface area contributed by atoms with Gasteiger partial charge in [0.05, 0.1) is 11.8 Å². The Morgan fingerprint density at radius 2 is 2.53 bits per heavy atom. The molecule has 0 saturated carbocycles. The number of rotatable bonds is 4. The molecule has 0 aromatic carbocycles. The molecule has 1 atom stereocenters. The normalized spacial score (nSPS) is 19.5. The van der Waals surface area contributed by atoms with Crippen molar-refractivity contribution < 1.29 is 9.53 Å². The first-order chi connectivity index (χ1) is 8.15. The third-order valence-corrected chi connectivity index (χ3v) is 2.99. The second-order valence-electron chi connectivity index (χ2n) is 4.52. The van der Waals surface area contributed by atoms with Crippen LogP contribution in [0.4, 0.5) is 5.82 Å². The summed E-state index contributed by atoms with van der Waals surface area (Å²) in [5.74, 6) is 0.781. The van der Waals surface area contributed by atoms with Gasteiger partial charge in [-0.05, 0) is 26.2 Å². The molecule has 2 rings (SSSR count). The first kappa shape index (κ1) is 12.1. The molecule has 1 fully saturated rings. The van der Waals surface area contributed by atoms with E-state index >= 15 is 0 Å². The molecule has 1 aromatic heterocycles. The molecule has 1 aromatic rings. The second-order valence-corrected chi connectivity index (χ2v) is 4.52. The Kier molecular flexibility index (Phi) is 3.78. The molecule has 5 heteroatoms. The summed E-state index contributed by atoms with van der Waals surface area (Å²) in [5.41, 5.74) is 0.905. The van der Waals surface area contributed by atoms with Crippen molar-refractivity contribution in [1.82, 2.24) is 9.78 Å². The highest BCUT2D eigenvalue weighted by molar-refractivity contribution is 5.89. The first-order valence-electron chi connectivity index (χ1n) is 6.07. The number of hydrogen-bond acceptors (Lipinski definition) is 3. The van der Waals surface area contributed by atoms with Gasteiger partial charge in [0.25, 0.3) is 0 Å². The SMILES string of the molecule is Cc1cc(NC(=O)CCC2CCCO2)n(C)n1. The number of aryl methyl sites for hydroxylation is 2. The van der Waals surface area contributed by atoms with Crippen molar-refractivity contribution in [2.24, 2.45) is 7.05 Å². The molecule has 2 heterocycles. The summed E-state index contributed by atoms with van der Waals surface area (Å²) in [5, 5.41) is 7.04. The summed E-state index contributed by atoms with van der Waals surface area (Å²) in [7, 11) is 1.82. The summed E-state index contributed by atoms with van der Waals surface area (Å²) in [6.45, 7) is 2.75. The van der Waals surface area contributed by atoms with Crippen molar-refractivity contribution in [1.29, 1.82) is 0 Å². The molecule has 17 heavy (non-hydrogen) atoms. The highest BCUT2D eigenvalue weighted by Crippen LogP contribution is 2.17. The van der Waals surface area contributed by atoms with Crippen molar-refractivity contribution in [3.05, 3.63) is 11.8 Å². The molecule has 0 spiro atoms. The smallest absolute Gasteiger partial charge is 0.225 e. The van der Waals surface area contributed by atoms with E-state index in [-0.39, 0.29) is 12.0 Å². The Hall–Kier alpha value is -1.36. The predicted octanol–water partition coefficient (Wildman–Crippen LogP) is 1.63. The van der Waals surface area contributed by atoms with Crippen molar-refractivity contribution in [2.75, 3.05) is 11.9 Å². The number of hydrogen-bond donors (Lipinski definition) is 1. The van der Waals surface area contributed by atoms with Gasteiger partial charge in [0.2, 0.25) is 5.91 Å². The summed E-state index contributed by atoms with van der Waals surface area (Å²) in [6, 6.07) is 1.87. The van der Waals surface area contributed by atoms with Gasteiger partial charge in [0, 0.05) is 26.1 Å². The van der Waals surface area contributed by atoms with E-state index in [4.69, 9.17) is 4.74 Å². The second kappa shape index (κ2) is 5.31. The minimum Gasteiger partial charge on any atom is -0.378 e. The van der Waals surface area contributed by atoms with Crippen LogP contribution in [0.3, 0.4) is 0 Å². The minimum atomic E-state index is 0.0310. The Morgan fingerprint density at radius 1 is 1.71 bits per heavy atom. The molecular weight excluding hydrogens is 218 g/mol. The van der Waals surface area contributed by atoms with Crippen LogP contribution >= 0.6 is 0 Å². The monoisotopic (exact) mass is 237 g/mol. The van der Waals surface area contributed by atoms with Crippen LogP contribution in [-0.4, -0.2) is 28.4 Å². The fourth-order valence-electron chi connectivity index (χ4n) is 2.10. The lowest BCUT2D eigenvalue weighted by Crippen LogP contribution is -2.16. The Bertz CT molecular complexity index is 394. The van der Waals surface area contributed by atoms with Gasteiger partial charge < -0.3 is 10.1 Å². The van der Waals surface area contributed by atoms with Crippen LogP contribution in [0.15, 0.2) is 6.07 Å². The zero-order chi connectivity index (χ0) is 12.3. The maximum Gasteiger partial charge on any atom is 0.225 e. The average Bonchev–Trinajstić information content (AvgIpc) is 2.87. The number of anilines is 1. The maximum atomic E-state index is 11.7. The molecule has 94 valence electrons. The molecule has 1 aliphatic rings. The fraction of sp³-hybridized carbons (Fsp3) is 0.667. The molecule has 0 bridgehead atoms. The van der Waals surface area contributed by atoms with E-state index in [1.165, 1.54) is 0 Å². The van der Waals surface area contributed by atoms with Gasteiger partial charge in [-0.1, -0.05) is 0 Å². The molecule has 5 nitrogen and oxygen atoms in total. The molecular formula is C12H19N3O2. The number of carbonyl (C=O) groups excluding carboxylic acids is 1. The maximum absolute atomic E-state index is 11.7. The molecule has 1 amide bonds. The van der Waals surface area contributed by atoms with Crippen LogP contribution in [0, 0.1) is 6.92 Å². The van der Waals surface area contributed by atoms with Gasteiger partial charge in [0.15, 0.2) is 0 Å². The van der Waals surface area contributed by atoms with Crippen LogP contribution in [-0.2, 0) is 16.6 Å². The third-order valence-electron chi connectivity index (χ3n) is 2.99. The standard InChI is InChI=1S/C12H19N3O2/c1-9-8-11(15(2)14-9)13-12(16)6-5-10-4-3-7-17-10/h8,10H,3-7H2,1-2H3,(H,13,16). The molecule has 1 unspecified atom stereocenters. The number of ether oxygens (including phenoxy) is 1. The first-order valence-corrected chi connectivity index (χ1v) is 6.07. The van der Waals surface area contributed by atoms with E-state index in [9.17, 15) is 4.79 Å². The number of amides is 1. The highest BCUT2D eigenvalue weighted by Gasteiger charge is 2.17. The molecule has 0 aliphatic carbocycles. The van der Waals surface area contributed by atoms with Crippen LogP contribution in [0.2, 0.25) is 0 Å². The van der Waals surface area contributed by atoms with Crippen molar-refractivity contribution in [2.45, 2.75) is 38.7 Å². The number of carbonyl (C=O) groups is 1. The summed E-state index contributed by atoms with van der Waals surface area (Å²) in [6.07, 6.45) is 3.79. The lowest BCUT2D eigenvalue weighted by Gasteiger charge is -2.09. The fourth-order valence-corrected chi connectivity index (χ4v) is 2.10. The Morgan fingerprint density at radius 3 is 3.12 bits per heavy atom. The topological polar surface area (TPSA) is 56.1 Å². The van der Waals surface area contributed by atoms with Gasteiger partial charge in [-0.25, -0.2) is 0 Å². The number of aromatic nitrogens is 2. The van der Waals surface area contributed by atoms with E-state index in [1.807, 2.05) is 20.0 Å². The van der Waals surface area contributed by atoms with E-state index in [1.54, 1.807) is 4.68 Å². The molecule has 1 aliphatic heterocycles. The molecule has 0 radical (unpaired) electrons. The summed E-state index contributed by atoms with van der Waals surface area (Å²) in [4.78, 5) is 11.7.